The van der Waals surface area contributed by atoms with Crippen molar-refractivity contribution in [1.29, 1.82) is 0 Å². The second kappa shape index (κ2) is 4.10. The molecule has 0 atom stereocenters. The van der Waals surface area contributed by atoms with Crippen molar-refractivity contribution in [2.24, 2.45) is 16.6 Å². The van der Waals surface area contributed by atoms with Crippen LogP contribution in [0.15, 0.2) is 29.4 Å². The van der Waals surface area contributed by atoms with E-state index in [0.29, 0.717) is 0 Å². The molecule has 0 saturated heterocycles. The first-order valence-electron chi connectivity index (χ1n) is 4.34. The maximum Gasteiger partial charge on any atom is 0.0994 e. The molecule has 66 valence electrons. The first-order chi connectivity index (χ1) is 5.72. The van der Waals surface area contributed by atoms with Gasteiger partial charge in [-0.15, -0.1) is 0 Å². The van der Waals surface area contributed by atoms with Gasteiger partial charge in [0.25, 0.3) is 0 Å². The summed E-state index contributed by atoms with van der Waals surface area (Å²) in [6.45, 7) is 5.53. The van der Waals surface area contributed by atoms with Crippen molar-refractivity contribution < 1.29 is 0 Å². The van der Waals surface area contributed by atoms with E-state index in [0.717, 1.165) is 23.9 Å². The minimum Gasteiger partial charge on any atom is -0.387 e. The van der Waals surface area contributed by atoms with E-state index >= 15 is 0 Å². The SMILES string of the molecule is C=C/C=C(/C)N=C(N)CC1CC1. The molecular formula is C10H16N2. The van der Waals surface area contributed by atoms with Gasteiger partial charge in [-0.3, -0.25) is 0 Å². The van der Waals surface area contributed by atoms with Crippen molar-refractivity contribution in [3.63, 3.8) is 0 Å². The molecule has 1 rings (SSSR count). The molecule has 0 amide bonds. The number of rotatable bonds is 4. The van der Waals surface area contributed by atoms with Crippen molar-refractivity contribution in [2.75, 3.05) is 0 Å². The fourth-order valence-electron chi connectivity index (χ4n) is 1.10. The molecule has 0 bridgehead atoms. The van der Waals surface area contributed by atoms with Gasteiger partial charge in [0.05, 0.1) is 5.84 Å². The average Bonchev–Trinajstić information content (AvgIpc) is 2.71. The van der Waals surface area contributed by atoms with E-state index in [4.69, 9.17) is 5.73 Å². The molecular weight excluding hydrogens is 148 g/mol. The predicted octanol–water partition coefficient (Wildman–Crippen LogP) is 2.23. The summed E-state index contributed by atoms with van der Waals surface area (Å²) in [6, 6.07) is 0. The van der Waals surface area contributed by atoms with Crippen LogP contribution in [0.3, 0.4) is 0 Å². The average molecular weight is 164 g/mol. The van der Waals surface area contributed by atoms with E-state index < -0.39 is 0 Å². The molecule has 0 aromatic carbocycles. The quantitative estimate of drug-likeness (QED) is 0.386. The van der Waals surface area contributed by atoms with E-state index in [1.807, 2.05) is 13.0 Å². The first kappa shape index (κ1) is 9.04. The summed E-state index contributed by atoms with van der Waals surface area (Å²) >= 11 is 0. The zero-order valence-corrected chi connectivity index (χ0v) is 7.59. The molecule has 2 heteroatoms. The lowest BCUT2D eigenvalue weighted by molar-refractivity contribution is 0.885. The van der Waals surface area contributed by atoms with Gasteiger partial charge in [0, 0.05) is 12.1 Å². The van der Waals surface area contributed by atoms with Crippen molar-refractivity contribution >= 4 is 5.84 Å². The highest BCUT2D eigenvalue weighted by Gasteiger charge is 2.22. The summed E-state index contributed by atoms with van der Waals surface area (Å²) in [5.74, 6) is 1.57. The van der Waals surface area contributed by atoms with Crippen molar-refractivity contribution in [2.45, 2.75) is 26.2 Å². The maximum absolute atomic E-state index is 5.72. The Morgan fingerprint density at radius 2 is 2.33 bits per heavy atom. The summed E-state index contributed by atoms with van der Waals surface area (Å²) in [7, 11) is 0. The monoisotopic (exact) mass is 164 g/mol. The zero-order valence-electron chi connectivity index (χ0n) is 7.59. The summed E-state index contributed by atoms with van der Waals surface area (Å²) in [5.41, 5.74) is 6.65. The van der Waals surface area contributed by atoms with Crippen LogP contribution in [0.5, 0.6) is 0 Å². The topological polar surface area (TPSA) is 38.4 Å². The Morgan fingerprint density at radius 1 is 1.67 bits per heavy atom. The Morgan fingerprint density at radius 3 is 2.83 bits per heavy atom. The lowest BCUT2D eigenvalue weighted by Crippen LogP contribution is -2.12. The number of aliphatic imine (C=N–C) groups is 1. The third kappa shape index (κ3) is 3.37. The molecule has 2 N–H and O–H groups in total. The summed E-state index contributed by atoms with van der Waals surface area (Å²) in [5, 5.41) is 0. The minimum atomic E-state index is 0.758. The fourth-order valence-corrected chi connectivity index (χ4v) is 1.10. The van der Waals surface area contributed by atoms with Crippen molar-refractivity contribution in [3.8, 4) is 0 Å². The number of nitrogens with two attached hydrogens (primary N) is 1. The normalized spacial score (nSPS) is 19.4. The summed E-state index contributed by atoms with van der Waals surface area (Å²) in [6.07, 6.45) is 7.19. The van der Waals surface area contributed by atoms with E-state index in [9.17, 15) is 0 Å². The number of amidine groups is 1. The van der Waals surface area contributed by atoms with Crippen LogP contribution in [0.4, 0.5) is 0 Å². The number of hydrogen-bond acceptors (Lipinski definition) is 1. The summed E-state index contributed by atoms with van der Waals surface area (Å²) < 4.78 is 0. The molecule has 0 aromatic rings. The number of hydrogen-bond donors (Lipinski definition) is 1. The van der Waals surface area contributed by atoms with Crippen LogP contribution >= 0.6 is 0 Å². The van der Waals surface area contributed by atoms with Crippen LogP contribution in [-0.2, 0) is 0 Å². The minimum absolute atomic E-state index is 0.758. The third-order valence-electron chi connectivity index (χ3n) is 1.87. The molecule has 2 nitrogen and oxygen atoms in total. The molecule has 0 radical (unpaired) electrons. The Hall–Kier alpha value is -1.05. The van der Waals surface area contributed by atoms with Crippen molar-refractivity contribution in [1.82, 2.24) is 0 Å². The number of allylic oxidation sites excluding steroid dienone is 3. The van der Waals surface area contributed by atoms with Gasteiger partial charge in [0.2, 0.25) is 0 Å². The van der Waals surface area contributed by atoms with Crippen LogP contribution in [0.2, 0.25) is 0 Å². The predicted molar refractivity (Wildman–Crippen MR) is 52.9 cm³/mol. The Balaban J connectivity index is 2.41. The second-order valence-corrected chi connectivity index (χ2v) is 3.29. The van der Waals surface area contributed by atoms with Gasteiger partial charge in [0.1, 0.15) is 0 Å². The standard InChI is InChI=1S/C10H16N2/c1-3-4-8(2)12-10(11)7-9-5-6-9/h3-4,9H,1,5-7H2,2H3,(H2,11,12)/b8-4-. The van der Waals surface area contributed by atoms with Crippen LogP contribution in [0.1, 0.15) is 26.2 Å². The van der Waals surface area contributed by atoms with Crippen LogP contribution in [-0.4, -0.2) is 5.84 Å². The van der Waals surface area contributed by atoms with Gasteiger partial charge in [-0.1, -0.05) is 12.7 Å². The Kier molecular flexibility index (Phi) is 3.09. The summed E-state index contributed by atoms with van der Waals surface area (Å²) in [4.78, 5) is 4.23. The van der Waals surface area contributed by atoms with E-state index in [1.165, 1.54) is 12.8 Å². The van der Waals surface area contributed by atoms with Gasteiger partial charge >= 0.3 is 0 Å². The highest BCUT2D eigenvalue weighted by atomic mass is 14.9. The van der Waals surface area contributed by atoms with Crippen LogP contribution < -0.4 is 5.73 Å². The highest BCUT2D eigenvalue weighted by Crippen LogP contribution is 2.32. The molecule has 0 unspecified atom stereocenters. The second-order valence-electron chi connectivity index (χ2n) is 3.29. The molecule has 0 aliphatic heterocycles. The molecule has 1 saturated carbocycles. The lowest BCUT2D eigenvalue weighted by atomic mass is 10.3. The first-order valence-corrected chi connectivity index (χ1v) is 4.34. The molecule has 0 spiro atoms. The largest absolute Gasteiger partial charge is 0.387 e. The van der Waals surface area contributed by atoms with Gasteiger partial charge in [-0.2, -0.15) is 0 Å². The van der Waals surface area contributed by atoms with Gasteiger partial charge in [-0.05, 0) is 31.8 Å². The molecule has 0 aromatic heterocycles. The Labute approximate surface area is 73.9 Å². The highest BCUT2D eigenvalue weighted by molar-refractivity contribution is 5.81. The van der Waals surface area contributed by atoms with Crippen molar-refractivity contribution in [3.05, 3.63) is 24.4 Å². The lowest BCUT2D eigenvalue weighted by Gasteiger charge is -1.97. The molecule has 1 fully saturated rings. The van der Waals surface area contributed by atoms with Gasteiger partial charge in [-0.25, -0.2) is 4.99 Å². The smallest absolute Gasteiger partial charge is 0.0994 e. The Bertz CT molecular complexity index is 222. The molecule has 1 aliphatic rings. The molecule has 12 heavy (non-hydrogen) atoms. The molecule has 1 aliphatic carbocycles. The van der Waals surface area contributed by atoms with Gasteiger partial charge in [0.15, 0.2) is 0 Å². The van der Waals surface area contributed by atoms with E-state index in [1.54, 1.807) is 6.08 Å². The maximum atomic E-state index is 5.72. The van der Waals surface area contributed by atoms with Crippen LogP contribution in [0.25, 0.3) is 0 Å². The third-order valence-corrected chi connectivity index (χ3v) is 1.87. The van der Waals surface area contributed by atoms with E-state index in [2.05, 4.69) is 11.6 Å². The number of nitrogens with zero attached hydrogens (tertiary/aromatic N) is 1. The zero-order chi connectivity index (χ0) is 8.97. The molecule has 0 heterocycles. The van der Waals surface area contributed by atoms with Crippen LogP contribution in [0, 0.1) is 5.92 Å². The van der Waals surface area contributed by atoms with E-state index in [-0.39, 0.29) is 0 Å². The fraction of sp³-hybridized carbons (Fsp3) is 0.500. The van der Waals surface area contributed by atoms with Gasteiger partial charge < -0.3 is 5.73 Å².